The molecule has 6 heteroatoms. The van der Waals surface area contributed by atoms with E-state index in [0.717, 1.165) is 26.4 Å². The van der Waals surface area contributed by atoms with Crippen LogP contribution in [0, 0.1) is 5.41 Å². The van der Waals surface area contributed by atoms with Gasteiger partial charge in [0, 0.05) is 18.6 Å². The van der Waals surface area contributed by atoms with E-state index in [-0.39, 0.29) is 19.8 Å². The highest BCUT2D eigenvalue weighted by Crippen LogP contribution is 2.18. The molecule has 1 aliphatic heterocycles. The summed E-state index contributed by atoms with van der Waals surface area (Å²) in [5.74, 6) is 0. The first-order chi connectivity index (χ1) is 10.6. The zero-order valence-corrected chi connectivity index (χ0v) is 14.3. The van der Waals surface area contributed by atoms with Crippen LogP contribution in [0.15, 0.2) is 12.7 Å². The lowest BCUT2D eigenvalue weighted by atomic mass is 9.88. The molecular formula is C16H34O6. The van der Waals surface area contributed by atoms with Crippen molar-refractivity contribution in [2.24, 2.45) is 5.41 Å². The van der Waals surface area contributed by atoms with Crippen molar-refractivity contribution in [2.45, 2.75) is 33.3 Å². The molecular weight excluding hydrogens is 288 g/mol. The Labute approximate surface area is 134 Å². The number of hydrogen-bond donors (Lipinski definition) is 3. The van der Waals surface area contributed by atoms with E-state index >= 15 is 0 Å². The van der Waals surface area contributed by atoms with Gasteiger partial charge in [-0.05, 0) is 20.3 Å². The third kappa shape index (κ3) is 14.4. The van der Waals surface area contributed by atoms with Gasteiger partial charge in [0.2, 0.25) is 0 Å². The smallest absolute Gasteiger partial charge is 0.104 e. The molecule has 1 fully saturated rings. The molecule has 22 heavy (non-hydrogen) atoms. The first-order valence-electron chi connectivity index (χ1n) is 7.80. The van der Waals surface area contributed by atoms with Crippen LogP contribution < -0.4 is 0 Å². The van der Waals surface area contributed by atoms with E-state index in [4.69, 9.17) is 29.5 Å². The van der Waals surface area contributed by atoms with Gasteiger partial charge in [-0.3, -0.25) is 0 Å². The molecule has 1 rings (SSSR count). The van der Waals surface area contributed by atoms with Crippen molar-refractivity contribution >= 4 is 0 Å². The Bertz CT molecular complexity index is 207. The summed E-state index contributed by atoms with van der Waals surface area (Å²) >= 11 is 0. The van der Waals surface area contributed by atoms with Crippen molar-refractivity contribution in [3.8, 4) is 0 Å². The normalized spacial score (nSPS) is 16.0. The molecule has 134 valence electrons. The Morgan fingerprint density at radius 3 is 1.77 bits per heavy atom. The molecule has 1 heterocycles. The molecule has 0 saturated carbocycles. The highest BCUT2D eigenvalue weighted by molar-refractivity contribution is 4.74. The summed E-state index contributed by atoms with van der Waals surface area (Å²) in [6.07, 6.45) is 2.72. The maximum absolute atomic E-state index is 8.66. The Morgan fingerprint density at radius 2 is 1.59 bits per heavy atom. The van der Waals surface area contributed by atoms with Gasteiger partial charge in [0.15, 0.2) is 0 Å². The fourth-order valence-corrected chi connectivity index (χ4v) is 1.14. The molecule has 1 aliphatic rings. The summed E-state index contributed by atoms with van der Waals surface area (Å²) in [6, 6.07) is 0. The highest BCUT2D eigenvalue weighted by atomic mass is 16.6. The lowest BCUT2D eigenvalue weighted by molar-refractivity contribution is 0.00304. The van der Waals surface area contributed by atoms with E-state index in [0.29, 0.717) is 19.1 Å². The zero-order chi connectivity index (χ0) is 17.3. The SMILES string of the molecule is C=CCOCC1CO1.CCC(CO)(CO)CO.CCOCC. The molecule has 3 N–H and O–H groups in total. The van der Waals surface area contributed by atoms with Crippen LogP contribution in [0.1, 0.15) is 27.2 Å². The maximum atomic E-state index is 8.66. The van der Waals surface area contributed by atoms with Crippen LogP contribution in [0.4, 0.5) is 0 Å². The second-order valence-corrected chi connectivity index (χ2v) is 4.89. The number of hydrogen-bond acceptors (Lipinski definition) is 6. The van der Waals surface area contributed by atoms with Gasteiger partial charge >= 0.3 is 0 Å². The van der Waals surface area contributed by atoms with Crippen molar-refractivity contribution in [2.75, 3.05) is 52.9 Å². The van der Waals surface area contributed by atoms with Gasteiger partial charge in [-0.1, -0.05) is 13.0 Å². The number of epoxide rings is 1. The second kappa shape index (κ2) is 16.9. The fraction of sp³-hybridized carbons (Fsp3) is 0.875. The Kier molecular flexibility index (Phi) is 18.2. The number of aliphatic hydroxyl groups is 3. The Balaban J connectivity index is 0. The van der Waals surface area contributed by atoms with Gasteiger partial charge < -0.3 is 29.5 Å². The summed E-state index contributed by atoms with van der Waals surface area (Å²) < 4.78 is 14.8. The minimum atomic E-state index is -0.667. The minimum absolute atomic E-state index is 0.156. The number of rotatable bonds is 10. The van der Waals surface area contributed by atoms with Crippen LogP contribution in [0.5, 0.6) is 0 Å². The fourth-order valence-electron chi connectivity index (χ4n) is 1.14. The van der Waals surface area contributed by atoms with Gasteiger partial charge in [-0.25, -0.2) is 0 Å². The third-order valence-corrected chi connectivity index (χ3v) is 3.11. The molecule has 0 amide bonds. The van der Waals surface area contributed by atoms with Crippen molar-refractivity contribution in [3.05, 3.63) is 12.7 Å². The van der Waals surface area contributed by atoms with Crippen LogP contribution in [-0.4, -0.2) is 74.3 Å². The zero-order valence-electron chi connectivity index (χ0n) is 14.3. The van der Waals surface area contributed by atoms with Gasteiger partial charge in [0.05, 0.1) is 39.6 Å². The van der Waals surface area contributed by atoms with Crippen LogP contribution in [0.25, 0.3) is 0 Å². The molecule has 1 unspecified atom stereocenters. The van der Waals surface area contributed by atoms with E-state index in [1.807, 2.05) is 20.8 Å². The minimum Gasteiger partial charge on any atom is -0.396 e. The summed E-state index contributed by atoms with van der Waals surface area (Å²) in [7, 11) is 0. The Hall–Kier alpha value is -0.500. The van der Waals surface area contributed by atoms with Crippen LogP contribution in [0.3, 0.4) is 0 Å². The highest BCUT2D eigenvalue weighted by Gasteiger charge is 2.24. The summed E-state index contributed by atoms with van der Waals surface area (Å²) in [4.78, 5) is 0. The van der Waals surface area contributed by atoms with E-state index < -0.39 is 5.41 Å². The van der Waals surface area contributed by atoms with Gasteiger partial charge in [-0.2, -0.15) is 0 Å². The Morgan fingerprint density at radius 1 is 1.09 bits per heavy atom. The molecule has 0 spiro atoms. The molecule has 0 aliphatic carbocycles. The predicted molar refractivity (Wildman–Crippen MR) is 86.9 cm³/mol. The average molecular weight is 322 g/mol. The number of aliphatic hydroxyl groups excluding tert-OH is 3. The van der Waals surface area contributed by atoms with Gasteiger partial charge in [0.25, 0.3) is 0 Å². The quantitative estimate of drug-likeness (QED) is 0.316. The predicted octanol–water partition coefficient (Wildman–Crippen LogP) is 0.990. The lowest BCUT2D eigenvalue weighted by Crippen LogP contribution is -2.32. The lowest BCUT2D eigenvalue weighted by Gasteiger charge is -2.24. The molecule has 0 aromatic rings. The van der Waals surface area contributed by atoms with Gasteiger partial charge in [-0.15, -0.1) is 6.58 Å². The first kappa shape index (κ1) is 23.8. The summed E-state index contributed by atoms with van der Waals surface area (Å²) in [6.45, 7) is 12.8. The van der Waals surface area contributed by atoms with Crippen molar-refractivity contribution in [1.29, 1.82) is 0 Å². The molecule has 6 nitrogen and oxygen atoms in total. The molecule has 0 aromatic carbocycles. The second-order valence-electron chi connectivity index (χ2n) is 4.89. The van der Waals surface area contributed by atoms with Gasteiger partial charge in [0.1, 0.15) is 6.10 Å². The van der Waals surface area contributed by atoms with E-state index in [2.05, 4.69) is 6.58 Å². The molecule has 0 bridgehead atoms. The molecule has 0 radical (unpaired) electrons. The van der Waals surface area contributed by atoms with Crippen molar-refractivity contribution in [3.63, 3.8) is 0 Å². The molecule has 1 atom stereocenters. The standard InChI is InChI=1S/C6H14O3.C6H10O2.C4H10O/c1-2-6(3-7,4-8)5-9;1-2-3-7-4-6-5-8-6;1-3-5-4-2/h7-9H,2-5H2,1H3;2,6H,1,3-5H2;3-4H2,1-2H3. The monoisotopic (exact) mass is 322 g/mol. The summed E-state index contributed by atoms with van der Waals surface area (Å²) in [5, 5.41) is 26.0. The maximum Gasteiger partial charge on any atom is 0.104 e. The first-order valence-corrected chi connectivity index (χ1v) is 7.80. The van der Waals surface area contributed by atoms with Crippen LogP contribution in [0.2, 0.25) is 0 Å². The third-order valence-electron chi connectivity index (χ3n) is 3.11. The molecule has 1 saturated heterocycles. The van der Waals surface area contributed by atoms with E-state index in [1.165, 1.54) is 0 Å². The van der Waals surface area contributed by atoms with Crippen LogP contribution in [-0.2, 0) is 14.2 Å². The van der Waals surface area contributed by atoms with E-state index in [1.54, 1.807) is 6.08 Å². The topological polar surface area (TPSA) is 91.7 Å². The van der Waals surface area contributed by atoms with E-state index in [9.17, 15) is 0 Å². The average Bonchev–Trinajstić information content (AvgIpc) is 3.37. The van der Waals surface area contributed by atoms with Crippen LogP contribution >= 0.6 is 0 Å². The van der Waals surface area contributed by atoms with Crippen molar-refractivity contribution in [1.82, 2.24) is 0 Å². The largest absolute Gasteiger partial charge is 0.396 e. The van der Waals surface area contributed by atoms with Crippen molar-refractivity contribution < 1.29 is 29.5 Å². The number of ether oxygens (including phenoxy) is 3. The molecule has 0 aromatic heterocycles. The summed E-state index contributed by atoms with van der Waals surface area (Å²) in [5.41, 5.74) is -0.667.